The third kappa shape index (κ3) is 2.53. The van der Waals surface area contributed by atoms with E-state index in [1.54, 1.807) is 7.11 Å². The molecule has 0 bridgehead atoms. The summed E-state index contributed by atoms with van der Waals surface area (Å²) in [5.74, 6) is 6.54. The van der Waals surface area contributed by atoms with Gasteiger partial charge in [0, 0.05) is 6.07 Å². The molecule has 4 heteroatoms. The molecule has 0 saturated carbocycles. The Labute approximate surface area is 75.9 Å². The van der Waals surface area contributed by atoms with E-state index < -0.39 is 0 Å². The van der Waals surface area contributed by atoms with Crippen LogP contribution in [-0.2, 0) is 0 Å². The molecule has 3 nitrogen and oxygen atoms in total. The first-order chi connectivity index (χ1) is 5.86. The number of rotatable bonds is 2. The monoisotopic (exact) mass is 182 g/mol. The van der Waals surface area contributed by atoms with Crippen LogP contribution < -0.4 is 10.1 Å². The van der Waals surface area contributed by atoms with E-state index in [0.29, 0.717) is 12.4 Å². The van der Waals surface area contributed by atoms with E-state index in [1.807, 2.05) is 13.1 Å². The van der Waals surface area contributed by atoms with Crippen LogP contribution in [-0.4, -0.2) is 25.1 Å². The smallest absolute Gasteiger partial charge is 0.226 e. The molecule has 0 radical (unpaired) electrons. The number of hydrogen-bond acceptors (Lipinski definition) is 4. The minimum absolute atomic E-state index is 0.633. The van der Waals surface area contributed by atoms with Gasteiger partial charge in [-0.25, -0.2) is 0 Å². The summed E-state index contributed by atoms with van der Waals surface area (Å²) in [6.45, 7) is 0.695. The van der Waals surface area contributed by atoms with Crippen LogP contribution in [0.2, 0.25) is 0 Å². The molecule has 1 heterocycles. The van der Waals surface area contributed by atoms with E-state index in [0.717, 1.165) is 4.88 Å². The van der Waals surface area contributed by atoms with Gasteiger partial charge in [0.2, 0.25) is 5.88 Å². The normalized spacial score (nSPS) is 8.83. The number of hydrogen-bond donors (Lipinski definition) is 1. The fourth-order valence-corrected chi connectivity index (χ4v) is 1.22. The van der Waals surface area contributed by atoms with E-state index in [4.69, 9.17) is 4.74 Å². The molecule has 1 rings (SSSR count). The summed E-state index contributed by atoms with van der Waals surface area (Å²) < 4.78 is 8.93. The first-order valence-electron chi connectivity index (χ1n) is 3.51. The quantitative estimate of drug-likeness (QED) is 0.684. The van der Waals surface area contributed by atoms with Gasteiger partial charge in [0.05, 0.1) is 13.7 Å². The summed E-state index contributed by atoms with van der Waals surface area (Å²) >= 11 is 1.35. The van der Waals surface area contributed by atoms with E-state index in [2.05, 4.69) is 21.5 Å². The SMILES string of the molecule is CNCC#Cc1cc(OC)ns1. The third-order valence-electron chi connectivity index (χ3n) is 1.17. The van der Waals surface area contributed by atoms with Crippen LogP contribution in [0.15, 0.2) is 6.07 Å². The highest BCUT2D eigenvalue weighted by Crippen LogP contribution is 2.14. The van der Waals surface area contributed by atoms with Gasteiger partial charge in [-0.15, -0.1) is 0 Å². The van der Waals surface area contributed by atoms with Crippen molar-refractivity contribution in [3.8, 4) is 17.7 Å². The molecular formula is C8H10N2OS. The summed E-state index contributed by atoms with van der Waals surface area (Å²) in [6, 6.07) is 1.83. The van der Waals surface area contributed by atoms with Gasteiger partial charge in [0.25, 0.3) is 0 Å². The molecule has 0 spiro atoms. The summed E-state index contributed by atoms with van der Waals surface area (Å²) in [6.07, 6.45) is 0. The number of methoxy groups -OCH3 is 1. The van der Waals surface area contributed by atoms with Crippen LogP contribution in [0, 0.1) is 11.8 Å². The highest BCUT2D eigenvalue weighted by atomic mass is 32.1. The number of nitrogens with one attached hydrogen (secondary N) is 1. The van der Waals surface area contributed by atoms with E-state index in [1.165, 1.54) is 11.5 Å². The lowest BCUT2D eigenvalue weighted by Crippen LogP contribution is -2.04. The van der Waals surface area contributed by atoms with Gasteiger partial charge in [-0.05, 0) is 18.6 Å². The van der Waals surface area contributed by atoms with E-state index in [9.17, 15) is 0 Å². The summed E-state index contributed by atoms with van der Waals surface area (Å²) in [7, 11) is 3.46. The average Bonchev–Trinajstić information content (AvgIpc) is 2.53. The summed E-state index contributed by atoms with van der Waals surface area (Å²) in [5, 5.41) is 2.94. The van der Waals surface area contributed by atoms with Crippen LogP contribution in [0.4, 0.5) is 0 Å². The Morgan fingerprint density at radius 3 is 3.17 bits per heavy atom. The molecule has 12 heavy (non-hydrogen) atoms. The predicted molar refractivity (Wildman–Crippen MR) is 49.5 cm³/mol. The lowest BCUT2D eigenvalue weighted by molar-refractivity contribution is 0.402. The summed E-state index contributed by atoms with van der Waals surface area (Å²) in [5.41, 5.74) is 0. The molecular weight excluding hydrogens is 172 g/mol. The summed E-state index contributed by atoms with van der Waals surface area (Å²) in [4.78, 5) is 0.933. The third-order valence-corrected chi connectivity index (χ3v) is 1.86. The molecule has 0 aromatic carbocycles. The fourth-order valence-electron chi connectivity index (χ4n) is 0.634. The Morgan fingerprint density at radius 1 is 1.75 bits per heavy atom. The molecule has 64 valence electrons. The maximum absolute atomic E-state index is 4.92. The van der Waals surface area contributed by atoms with E-state index in [-0.39, 0.29) is 0 Å². The molecule has 0 amide bonds. The van der Waals surface area contributed by atoms with Crippen molar-refractivity contribution in [3.63, 3.8) is 0 Å². The lowest BCUT2D eigenvalue weighted by atomic mass is 10.4. The lowest BCUT2D eigenvalue weighted by Gasteiger charge is -1.85. The van der Waals surface area contributed by atoms with Crippen molar-refractivity contribution < 1.29 is 4.74 Å². The van der Waals surface area contributed by atoms with Gasteiger partial charge < -0.3 is 10.1 Å². The molecule has 0 aliphatic rings. The zero-order chi connectivity index (χ0) is 8.81. The second kappa shape index (κ2) is 4.75. The molecule has 1 N–H and O–H groups in total. The van der Waals surface area contributed by atoms with Crippen molar-refractivity contribution >= 4 is 11.5 Å². The van der Waals surface area contributed by atoms with Crippen molar-refractivity contribution in [1.82, 2.24) is 9.69 Å². The van der Waals surface area contributed by atoms with Crippen LogP contribution in [0.3, 0.4) is 0 Å². The van der Waals surface area contributed by atoms with Crippen LogP contribution >= 0.6 is 11.5 Å². The predicted octanol–water partition coefficient (Wildman–Crippen LogP) is 0.723. The Hall–Kier alpha value is -1.05. The highest BCUT2D eigenvalue weighted by molar-refractivity contribution is 7.06. The van der Waals surface area contributed by atoms with Crippen molar-refractivity contribution in [2.75, 3.05) is 20.7 Å². The minimum Gasteiger partial charge on any atom is -0.480 e. The molecule has 1 aromatic rings. The molecule has 0 aliphatic carbocycles. The largest absolute Gasteiger partial charge is 0.480 e. The molecule has 0 aliphatic heterocycles. The first-order valence-corrected chi connectivity index (χ1v) is 4.28. The second-order valence-corrected chi connectivity index (χ2v) is 2.87. The Morgan fingerprint density at radius 2 is 2.58 bits per heavy atom. The Kier molecular flexibility index (Phi) is 3.58. The number of nitrogens with zero attached hydrogens (tertiary/aromatic N) is 1. The van der Waals surface area contributed by atoms with Crippen molar-refractivity contribution in [2.24, 2.45) is 0 Å². The Balaban J connectivity index is 2.59. The zero-order valence-electron chi connectivity index (χ0n) is 7.05. The molecule has 0 unspecified atom stereocenters. The van der Waals surface area contributed by atoms with Gasteiger partial charge in [-0.2, -0.15) is 4.37 Å². The van der Waals surface area contributed by atoms with Crippen molar-refractivity contribution in [3.05, 3.63) is 10.9 Å². The maximum atomic E-state index is 4.92. The van der Waals surface area contributed by atoms with Crippen LogP contribution in [0.25, 0.3) is 0 Å². The van der Waals surface area contributed by atoms with Gasteiger partial charge in [0.15, 0.2) is 0 Å². The van der Waals surface area contributed by atoms with Crippen LogP contribution in [0.1, 0.15) is 4.88 Å². The molecule has 1 aromatic heterocycles. The van der Waals surface area contributed by atoms with Gasteiger partial charge in [-0.1, -0.05) is 11.8 Å². The fraction of sp³-hybridized carbons (Fsp3) is 0.375. The number of aromatic nitrogens is 1. The van der Waals surface area contributed by atoms with Crippen molar-refractivity contribution in [1.29, 1.82) is 0 Å². The maximum Gasteiger partial charge on any atom is 0.226 e. The Bertz CT molecular complexity index is 297. The zero-order valence-corrected chi connectivity index (χ0v) is 7.86. The second-order valence-electron chi connectivity index (χ2n) is 2.07. The van der Waals surface area contributed by atoms with Gasteiger partial charge >= 0.3 is 0 Å². The minimum atomic E-state index is 0.633. The van der Waals surface area contributed by atoms with Gasteiger partial charge in [0.1, 0.15) is 4.88 Å². The van der Waals surface area contributed by atoms with E-state index >= 15 is 0 Å². The molecule has 0 atom stereocenters. The van der Waals surface area contributed by atoms with Gasteiger partial charge in [-0.3, -0.25) is 0 Å². The first kappa shape index (κ1) is 9.04. The highest BCUT2D eigenvalue weighted by Gasteiger charge is 1.96. The van der Waals surface area contributed by atoms with Crippen LogP contribution in [0.5, 0.6) is 5.88 Å². The molecule has 0 fully saturated rings. The standard InChI is InChI=1S/C8H10N2OS/c1-9-5-3-4-7-6-8(11-2)10-12-7/h6,9H,5H2,1-2H3. The molecule has 0 saturated heterocycles. The number of ether oxygens (including phenoxy) is 1. The van der Waals surface area contributed by atoms with Crippen molar-refractivity contribution in [2.45, 2.75) is 0 Å². The average molecular weight is 182 g/mol. The topological polar surface area (TPSA) is 34.1 Å².